The van der Waals surface area contributed by atoms with Crippen LogP contribution in [0, 0.1) is 0 Å². The molecule has 0 amide bonds. The minimum Gasteiger partial charge on any atom is -0.221 e. The van der Waals surface area contributed by atoms with Crippen molar-refractivity contribution in [2.75, 3.05) is 5.88 Å². The average molecular weight is 274 g/mol. The molecule has 1 atom stereocenters. The van der Waals surface area contributed by atoms with Gasteiger partial charge in [0.15, 0.2) is 0 Å². The maximum Gasteiger partial charge on any atom is 0.210 e. The Kier molecular flexibility index (Phi) is 4.18. The summed E-state index contributed by atoms with van der Waals surface area (Å²) in [6, 6.07) is 0. The van der Waals surface area contributed by atoms with Crippen LogP contribution in [0.15, 0.2) is 9.72 Å². The topological polar surface area (TPSA) is 47.0 Å². The minimum atomic E-state index is -3.34. The molecule has 0 radical (unpaired) electrons. The van der Waals surface area contributed by atoms with E-state index in [9.17, 15) is 8.42 Å². The molecule has 0 aliphatic heterocycles. The molecule has 1 aromatic rings. The quantitative estimate of drug-likeness (QED) is 0.793. The molecule has 14 heavy (non-hydrogen) atoms. The standard InChI is InChI=1S/C7H9Cl2NO2S2/c1-5(2-3-8)14(11,12)7-10-6(9)4-13-7/h4-5H,2-3H2,1H3. The summed E-state index contributed by atoms with van der Waals surface area (Å²) in [5.41, 5.74) is 0. The Bertz CT molecular complexity index is 402. The fourth-order valence-corrected chi connectivity index (χ4v) is 4.20. The second-order valence-corrected chi connectivity index (χ2v) is 6.93. The van der Waals surface area contributed by atoms with E-state index in [1.54, 1.807) is 6.92 Å². The molecular weight excluding hydrogens is 265 g/mol. The van der Waals surface area contributed by atoms with Crippen LogP contribution in [0.25, 0.3) is 0 Å². The maximum absolute atomic E-state index is 11.8. The molecule has 1 heterocycles. The summed E-state index contributed by atoms with van der Waals surface area (Å²) >= 11 is 12.1. The molecule has 80 valence electrons. The Hall–Kier alpha value is 0.160. The van der Waals surface area contributed by atoms with Crippen molar-refractivity contribution in [2.24, 2.45) is 0 Å². The number of nitrogens with zero attached hydrogens (tertiary/aromatic N) is 1. The number of alkyl halides is 1. The third kappa shape index (κ3) is 2.59. The monoisotopic (exact) mass is 273 g/mol. The Labute approximate surface area is 97.0 Å². The predicted octanol–water partition coefficient (Wildman–Crippen LogP) is 2.59. The zero-order chi connectivity index (χ0) is 10.8. The normalized spacial score (nSPS) is 14.2. The number of thiazole rings is 1. The van der Waals surface area contributed by atoms with E-state index in [0.29, 0.717) is 12.3 Å². The third-order valence-electron chi connectivity index (χ3n) is 1.74. The Morgan fingerprint density at radius 2 is 2.29 bits per heavy atom. The molecule has 0 aliphatic rings. The average Bonchev–Trinajstić information content (AvgIpc) is 2.52. The molecule has 7 heteroatoms. The smallest absolute Gasteiger partial charge is 0.210 e. The van der Waals surface area contributed by atoms with Crippen molar-refractivity contribution in [1.29, 1.82) is 0 Å². The van der Waals surface area contributed by atoms with Crippen LogP contribution in [0.3, 0.4) is 0 Å². The molecule has 1 rings (SSSR count). The van der Waals surface area contributed by atoms with Gasteiger partial charge in [0.1, 0.15) is 5.15 Å². The van der Waals surface area contributed by atoms with Crippen molar-refractivity contribution in [3.05, 3.63) is 10.5 Å². The summed E-state index contributed by atoms with van der Waals surface area (Å²) in [7, 11) is -3.34. The molecule has 0 saturated carbocycles. The second kappa shape index (κ2) is 4.79. The van der Waals surface area contributed by atoms with Crippen molar-refractivity contribution < 1.29 is 8.42 Å². The van der Waals surface area contributed by atoms with E-state index in [4.69, 9.17) is 23.2 Å². The van der Waals surface area contributed by atoms with Crippen LogP contribution in [0.1, 0.15) is 13.3 Å². The van der Waals surface area contributed by atoms with E-state index in [1.807, 2.05) is 0 Å². The molecule has 0 spiro atoms. The second-order valence-electron chi connectivity index (χ2n) is 2.77. The summed E-state index contributed by atoms with van der Waals surface area (Å²) in [6.45, 7) is 1.62. The summed E-state index contributed by atoms with van der Waals surface area (Å²) in [5, 5.41) is 1.20. The van der Waals surface area contributed by atoms with Crippen molar-refractivity contribution in [1.82, 2.24) is 4.98 Å². The number of halogens is 2. The van der Waals surface area contributed by atoms with Crippen LogP contribution in [-0.2, 0) is 9.84 Å². The van der Waals surface area contributed by atoms with Crippen LogP contribution in [-0.4, -0.2) is 24.5 Å². The lowest BCUT2D eigenvalue weighted by Crippen LogP contribution is -2.18. The van der Waals surface area contributed by atoms with E-state index in [0.717, 1.165) is 11.3 Å². The van der Waals surface area contributed by atoms with Gasteiger partial charge in [0.25, 0.3) is 0 Å². The first-order chi connectivity index (χ1) is 6.48. The van der Waals surface area contributed by atoms with Crippen molar-refractivity contribution in [2.45, 2.75) is 22.9 Å². The molecule has 0 aromatic carbocycles. The van der Waals surface area contributed by atoms with Crippen LogP contribution < -0.4 is 0 Å². The van der Waals surface area contributed by atoms with E-state index in [-0.39, 0.29) is 9.49 Å². The van der Waals surface area contributed by atoms with Crippen LogP contribution in [0.5, 0.6) is 0 Å². The number of hydrogen-bond donors (Lipinski definition) is 0. The SMILES string of the molecule is CC(CCCl)S(=O)(=O)c1nc(Cl)cs1. The number of sulfone groups is 1. The first-order valence-corrected chi connectivity index (χ1v) is 7.23. The molecule has 0 fully saturated rings. The van der Waals surface area contributed by atoms with Gasteiger partial charge in [-0.2, -0.15) is 0 Å². The predicted molar refractivity (Wildman–Crippen MR) is 59.1 cm³/mol. The molecular formula is C7H9Cl2NO2S2. The lowest BCUT2D eigenvalue weighted by Gasteiger charge is -2.07. The first-order valence-electron chi connectivity index (χ1n) is 3.89. The van der Waals surface area contributed by atoms with Crippen LogP contribution >= 0.6 is 34.5 Å². The fourth-order valence-electron chi connectivity index (χ4n) is 0.851. The van der Waals surface area contributed by atoms with Gasteiger partial charge in [0.2, 0.25) is 14.2 Å². The van der Waals surface area contributed by atoms with Gasteiger partial charge in [-0.1, -0.05) is 11.6 Å². The summed E-state index contributed by atoms with van der Waals surface area (Å²) in [6.07, 6.45) is 0.418. The van der Waals surface area contributed by atoms with Crippen molar-refractivity contribution >= 4 is 44.4 Å². The van der Waals surface area contributed by atoms with Gasteiger partial charge in [-0.25, -0.2) is 13.4 Å². The highest BCUT2D eigenvalue weighted by molar-refractivity contribution is 7.93. The van der Waals surface area contributed by atoms with Gasteiger partial charge >= 0.3 is 0 Å². The summed E-state index contributed by atoms with van der Waals surface area (Å²) in [4.78, 5) is 3.74. The van der Waals surface area contributed by atoms with Gasteiger partial charge in [-0.3, -0.25) is 0 Å². The Balaban J connectivity index is 2.96. The zero-order valence-electron chi connectivity index (χ0n) is 7.41. The Morgan fingerprint density at radius 3 is 2.71 bits per heavy atom. The largest absolute Gasteiger partial charge is 0.221 e. The van der Waals surface area contributed by atoms with Crippen LogP contribution in [0.2, 0.25) is 5.15 Å². The van der Waals surface area contributed by atoms with Gasteiger partial charge < -0.3 is 0 Å². The van der Waals surface area contributed by atoms with Crippen molar-refractivity contribution in [3.8, 4) is 0 Å². The molecule has 0 aliphatic carbocycles. The van der Waals surface area contributed by atoms with E-state index in [1.165, 1.54) is 5.38 Å². The first kappa shape index (κ1) is 12.2. The maximum atomic E-state index is 11.8. The summed E-state index contributed by atoms with van der Waals surface area (Å²) < 4.78 is 23.6. The molecule has 1 unspecified atom stereocenters. The lowest BCUT2D eigenvalue weighted by atomic mass is 10.4. The molecule has 3 nitrogen and oxygen atoms in total. The fraction of sp³-hybridized carbons (Fsp3) is 0.571. The highest BCUT2D eigenvalue weighted by Crippen LogP contribution is 2.24. The molecule has 1 aromatic heterocycles. The highest BCUT2D eigenvalue weighted by Gasteiger charge is 2.25. The minimum absolute atomic E-state index is 0.0696. The number of aromatic nitrogens is 1. The summed E-state index contributed by atoms with van der Waals surface area (Å²) in [5.74, 6) is 0.319. The van der Waals surface area contributed by atoms with E-state index >= 15 is 0 Å². The van der Waals surface area contributed by atoms with E-state index < -0.39 is 15.1 Å². The van der Waals surface area contributed by atoms with Gasteiger partial charge in [-0.05, 0) is 13.3 Å². The lowest BCUT2D eigenvalue weighted by molar-refractivity contribution is 0.580. The molecule has 0 N–H and O–H groups in total. The van der Waals surface area contributed by atoms with Gasteiger partial charge in [0, 0.05) is 11.3 Å². The zero-order valence-corrected chi connectivity index (χ0v) is 10.5. The van der Waals surface area contributed by atoms with E-state index in [2.05, 4.69) is 4.98 Å². The third-order valence-corrected chi connectivity index (χ3v) is 5.78. The molecule has 0 bridgehead atoms. The number of rotatable bonds is 4. The molecule has 0 saturated heterocycles. The number of hydrogen-bond acceptors (Lipinski definition) is 4. The Morgan fingerprint density at radius 1 is 1.64 bits per heavy atom. The van der Waals surface area contributed by atoms with Gasteiger partial charge in [-0.15, -0.1) is 22.9 Å². The van der Waals surface area contributed by atoms with Crippen LogP contribution in [0.4, 0.5) is 0 Å². The van der Waals surface area contributed by atoms with Gasteiger partial charge in [0.05, 0.1) is 5.25 Å². The van der Waals surface area contributed by atoms with Crippen molar-refractivity contribution in [3.63, 3.8) is 0 Å². The highest BCUT2D eigenvalue weighted by atomic mass is 35.5.